The molecule has 1 aromatic heterocycles. The normalized spacial score (nSPS) is 20.0. The highest BCUT2D eigenvalue weighted by atomic mass is 32.1. The molecule has 1 amide bonds. The number of carbonyl (C=O) groups is 1. The van der Waals surface area contributed by atoms with Crippen molar-refractivity contribution in [3.8, 4) is 0 Å². The van der Waals surface area contributed by atoms with Crippen LogP contribution in [0, 0.1) is 5.41 Å². The van der Waals surface area contributed by atoms with Crippen LogP contribution in [0.1, 0.15) is 38.5 Å². The Bertz CT molecular complexity index is 469. The van der Waals surface area contributed by atoms with Crippen LogP contribution in [0.25, 0.3) is 0 Å². The Hall–Kier alpha value is -0.940. The Morgan fingerprint density at radius 1 is 1.50 bits per heavy atom. The Labute approximate surface area is 112 Å². The van der Waals surface area contributed by atoms with Crippen molar-refractivity contribution < 1.29 is 4.79 Å². The molecule has 2 rings (SSSR count). The molecule has 0 radical (unpaired) electrons. The Morgan fingerprint density at radius 3 is 2.78 bits per heavy atom. The van der Waals surface area contributed by atoms with Crippen LogP contribution in [0.3, 0.4) is 0 Å². The molecule has 1 saturated carbocycles. The summed E-state index contributed by atoms with van der Waals surface area (Å²) in [6.07, 6.45) is 8.21. The number of thiazole rings is 1. The Balaban J connectivity index is 2.09. The third-order valence-corrected chi connectivity index (χ3v) is 4.70. The molecule has 5 heteroatoms. The van der Waals surface area contributed by atoms with Crippen LogP contribution in [-0.4, -0.2) is 17.0 Å². The number of hydrogen-bond donors (Lipinski definition) is 1. The maximum absolute atomic E-state index is 12.1. The van der Waals surface area contributed by atoms with Crippen LogP contribution in [0.5, 0.6) is 0 Å². The van der Waals surface area contributed by atoms with Gasteiger partial charge in [-0.2, -0.15) is 4.99 Å². The molecule has 0 aliphatic heterocycles. The van der Waals surface area contributed by atoms with Crippen LogP contribution in [0.2, 0.25) is 0 Å². The van der Waals surface area contributed by atoms with E-state index in [1.165, 1.54) is 30.6 Å². The highest BCUT2D eigenvalue weighted by Gasteiger charge is 2.32. The number of hydrogen-bond acceptors (Lipinski definition) is 3. The van der Waals surface area contributed by atoms with Gasteiger partial charge in [-0.1, -0.05) is 19.3 Å². The Kier molecular flexibility index (Phi) is 4.35. The molecule has 0 saturated heterocycles. The van der Waals surface area contributed by atoms with E-state index in [1.54, 1.807) is 0 Å². The van der Waals surface area contributed by atoms with Gasteiger partial charge < -0.3 is 10.3 Å². The molecule has 2 N–H and O–H groups in total. The van der Waals surface area contributed by atoms with E-state index in [2.05, 4.69) is 4.99 Å². The van der Waals surface area contributed by atoms with Crippen molar-refractivity contribution in [2.45, 2.75) is 38.5 Å². The average molecular weight is 267 g/mol. The second-order valence-corrected chi connectivity index (χ2v) is 6.12. The first kappa shape index (κ1) is 13.5. The smallest absolute Gasteiger partial charge is 0.248 e. The predicted molar refractivity (Wildman–Crippen MR) is 73.0 cm³/mol. The minimum Gasteiger partial charge on any atom is -0.330 e. The summed E-state index contributed by atoms with van der Waals surface area (Å²) >= 11 is 1.49. The molecule has 100 valence electrons. The van der Waals surface area contributed by atoms with Crippen molar-refractivity contribution >= 4 is 17.2 Å². The van der Waals surface area contributed by atoms with Gasteiger partial charge in [0, 0.05) is 25.0 Å². The third-order valence-electron chi connectivity index (χ3n) is 3.85. The molecule has 0 aromatic carbocycles. The second kappa shape index (κ2) is 5.80. The first-order chi connectivity index (χ1) is 8.65. The first-order valence-electron chi connectivity index (χ1n) is 6.53. The summed E-state index contributed by atoms with van der Waals surface area (Å²) in [4.78, 5) is 17.0. The molecular weight excluding hydrogens is 246 g/mol. The van der Waals surface area contributed by atoms with E-state index >= 15 is 0 Å². The van der Waals surface area contributed by atoms with E-state index in [0.29, 0.717) is 13.0 Å². The minimum absolute atomic E-state index is 0.00860. The standard InChI is InChI=1S/C13H21N3OS/c1-16-7-8-18-12(16)15-11(17)9-13(10-14)5-3-2-4-6-13/h7-8H,2-6,9-10,14H2,1H3. The topological polar surface area (TPSA) is 60.4 Å². The number of nitrogens with zero attached hydrogens (tertiary/aromatic N) is 2. The molecule has 1 heterocycles. The third kappa shape index (κ3) is 3.09. The van der Waals surface area contributed by atoms with Crippen LogP contribution in [0.4, 0.5) is 0 Å². The highest BCUT2D eigenvalue weighted by Crippen LogP contribution is 2.38. The van der Waals surface area contributed by atoms with Gasteiger partial charge in [-0.15, -0.1) is 11.3 Å². The summed E-state index contributed by atoms with van der Waals surface area (Å²) < 4.78 is 1.87. The van der Waals surface area contributed by atoms with Gasteiger partial charge in [0.2, 0.25) is 5.91 Å². The van der Waals surface area contributed by atoms with Crippen LogP contribution in [-0.2, 0) is 11.8 Å². The quantitative estimate of drug-likeness (QED) is 0.908. The zero-order valence-electron chi connectivity index (χ0n) is 10.9. The summed E-state index contributed by atoms with van der Waals surface area (Å²) in [6, 6.07) is 0. The van der Waals surface area contributed by atoms with Gasteiger partial charge >= 0.3 is 0 Å². The SMILES string of the molecule is Cn1ccsc1=NC(=O)CC1(CN)CCCCC1. The van der Waals surface area contributed by atoms with Gasteiger partial charge in [-0.25, -0.2) is 0 Å². The minimum atomic E-state index is -0.0274. The molecule has 0 atom stereocenters. The summed E-state index contributed by atoms with van der Waals surface area (Å²) in [5, 5.41) is 1.94. The lowest BCUT2D eigenvalue weighted by atomic mass is 9.72. The van der Waals surface area contributed by atoms with Crippen molar-refractivity contribution in [2.75, 3.05) is 6.54 Å². The van der Waals surface area contributed by atoms with E-state index in [4.69, 9.17) is 5.73 Å². The van der Waals surface area contributed by atoms with E-state index in [-0.39, 0.29) is 11.3 Å². The van der Waals surface area contributed by atoms with Gasteiger partial charge in [-0.05, 0) is 24.8 Å². The number of nitrogens with two attached hydrogens (primary N) is 1. The number of aromatic nitrogens is 1. The second-order valence-electron chi connectivity index (χ2n) is 5.24. The largest absolute Gasteiger partial charge is 0.330 e. The molecule has 18 heavy (non-hydrogen) atoms. The summed E-state index contributed by atoms with van der Waals surface area (Å²) in [6.45, 7) is 0.602. The van der Waals surface area contributed by atoms with Crippen molar-refractivity contribution in [3.05, 3.63) is 16.4 Å². The predicted octanol–water partition coefficient (Wildman–Crippen LogP) is 1.81. The lowest BCUT2D eigenvalue weighted by Gasteiger charge is -2.35. The van der Waals surface area contributed by atoms with Crippen LogP contribution >= 0.6 is 11.3 Å². The van der Waals surface area contributed by atoms with Crippen LogP contribution in [0.15, 0.2) is 16.6 Å². The highest BCUT2D eigenvalue weighted by molar-refractivity contribution is 7.07. The summed E-state index contributed by atoms with van der Waals surface area (Å²) in [7, 11) is 1.90. The molecule has 1 aliphatic rings. The molecule has 0 bridgehead atoms. The fraction of sp³-hybridized carbons (Fsp3) is 0.692. The molecule has 0 spiro atoms. The number of rotatable bonds is 3. The van der Waals surface area contributed by atoms with E-state index in [9.17, 15) is 4.79 Å². The molecule has 4 nitrogen and oxygen atoms in total. The molecular formula is C13H21N3OS. The number of amides is 1. The molecule has 0 unspecified atom stereocenters. The lowest BCUT2D eigenvalue weighted by molar-refractivity contribution is -0.120. The summed E-state index contributed by atoms with van der Waals surface area (Å²) in [5.41, 5.74) is 5.90. The van der Waals surface area contributed by atoms with E-state index in [0.717, 1.165) is 17.6 Å². The summed E-state index contributed by atoms with van der Waals surface area (Å²) in [5.74, 6) is -0.0274. The van der Waals surface area contributed by atoms with Crippen LogP contribution < -0.4 is 10.5 Å². The van der Waals surface area contributed by atoms with Gasteiger partial charge in [0.25, 0.3) is 0 Å². The number of aryl methyl sites for hydroxylation is 1. The van der Waals surface area contributed by atoms with Gasteiger partial charge in [0.15, 0.2) is 4.80 Å². The van der Waals surface area contributed by atoms with Gasteiger partial charge in [0.05, 0.1) is 0 Å². The maximum Gasteiger partial charge on any atom is 0.248 e. The zero-order valence-corrected chi connectivity index (χ0v) is 11.7. The van der Waals surface area contributed by atoms with E-state index < -0.39 is 0 Å². The first-order valence-corrected chi connectivity index (χ1v) is 7.41. The Morgan fingerprint density at radius 2 is 2.22 bits per heavy atom. The molecule has 1 aliphatic carbocycles. The zero-order chi connectivity index (χ0) is 13.0. The van der Waals surface area contributed by atoms with Crippen molar-refractivity contribution in [3.63, 3.8) is 0 Å². The van der Waals surface area contributed by atoms with Crippen molar-refractivity contribution in [2.24, 2.45) is 23.2 Å². The van der Waals surface area contributed by atoms with Gasteiger partial charge in [0.1, 0.15) is 0 Å². The average Bonchev–Trinajstić information content (AvgIpc) is 2.76. The maximum atomic E-state index is 12.1. The monoisotopic (exact) mass is 267 g/mol. The molecule has 1 fully saturated rings. The van der Waals surface area contributed by atoms with Crippen molar-refractivity contribution in [1.29, 1.82) is 0 Å². The molecule has 1 aromatic rings. The lowest BCUT2D eigenvalue weighted by Crippen LogP contribution is -2.35. The number of carbonyl (C=O) groups excluding carboxylic acids is 1. The van der Waals surface area contributed by atoms with E-state index in [1.807, 2.05) is 23.2 Å². The fourth-order valence-electron chi connectivity index (χ4n) is 2.66. The van der Waals surface area contributed by atoms with Gasteiger partial charge in [-0.3, -0.25) is 4.79 Å². The van der Waals surface area contributed by atoms with Crippen molar-refractivity contribution in [1.82, 2.24) is 4.57 Å². The fourth-order valence-corrected chi connectivity index (χ4v) is 3.40.